The first-order valence-corrected chi connectivity index (χ1v) is 14.2. The monoisotopic (exact) mass is 514 g/mol. The van der Waals surface area contributed by atoms with Crippen LogP contribution < -0.4 is 4.74 Å². The molecule has 1 saturated carbocycles. The van der Waals surface area contributed by atoms with Crippen molar-refractivity contribution in [2.75, 3.05) is 6.61 Å². The molecule has 192 valence electrons. The zero-order valence-electron chi connectivity index (χ0n) is 21.4. The third kappa shape index (κ3) is 6.55. The number of ether oxygens (including phenoxy) is 2. The molecule has 0 aliphatic heterocycles. The highest BCUT2D eigenvalue weighted by atomic mass is 32.1. The van der Waals surface area contributed by atoms with E-state index in [9.17, 15) is 4.79 Å². The summed E-state index contributed by atoms with van der Waals surface area (Å²) < 4.78 is 11.2. The van der Waals surface area contributed by atoms with Gasteiger partial charge in [0.1, 0.15) is 17.4 Å². The van der Waals surface area contributed by atoms with Crippen molar-refractivity contribution in [2.24, 2.45) is 5.92 Å². The number of nitrogens with zero attached hydrogens (tertiary/aromatic N) is 2. The second-order valence-electron chi connectivity index (χ2n) is 9.74. The fraction of sp³-hybridized carbons (Fsp3) is 0.387. The Balaban J connectivity index is 1.32. The van der Waals surface area contributed by atoms with Crippen LogP contribution in [0.25, 0.3) is 10.9 Å². The average molecular weight is 515 g/mol. The van der Waals surface area contributed by atoms with Gasteiger partial charge in [-0.05, 0) is 55.5 Å². The van der Waals surface area contributed by atoms with Crippen LogP contribution in [0.2, 0.25) is 0 Å². The second kappa shape index (κ2) is 12.3. The molecule has 0 saturated heterocycles. The molecule has 5 rings (SSSR count). The van der Waals surface area contributed by atoms with E-state index < -0.39 is 0 Å². The summed E-state index contributed by atoms with van der Waals surface area (Å²) in [4.78, 5) is 21.6. The number of esters is 1. The minimum atomic E-state index is -0.215. The van der Waals surface area contributed by atoms with Gasteiger partial charge < -0.3 is 9.47 Å². The van der Waals surface area contributed by atoms with E-state index in [4.69, 9.17) is 19.4 Å². The van der Waals surface area contributed by atoms with Gasteiger partial charge in [-0.3, -0.25) is 4.79 Å². The van der Waals surface area contributed by atoms with Crippen molar-refractivity contribution < 1.29 is 14.3 Å². The lowest BCUT2D eigenvalue weighted by Gasteiger charge is -2.25. The summed E-state index contributed by atoms with van der Waals surface area (Å²) in [5, 5.41) is 4.25. The number of carbonyl (C=O) groups excluding carboxylic acids is 1. The number of aromatic nitrogens is 2. The van der Waals surface area contributed by atoms with Crippen molar-refractivity contribution in [2.45, 2.75) is 64.4 Å². The Morgan fingerprint density at radius 1 is 0.946 bits per heavy atom. The maximum absolute atomic E-state index is 12.0. The fourth-order valence-electron chi connectivity index (χ4n) is 5.28. The Morgan fingerprint density at radius 2 is 1.73 bits per heavy atom. The molecular weight excluding hydrogens is 480 g/mol. The van der Waals surface area contributed by atoms with Gasteiger partial charge in [0.2, 0.25) is 0 Å². The summed E-state index contributed by atoms with van der Waals surface area (Å²) in [6, 6.07) is 20.7. The van der Waals surface area contributed by atoms with E-state index in [-0.39, 0.29) is 18.3 Å². The van der Waals surface area contributed by atoms with Crippen LogP contribution in [-0.4, -0.2) is 22.5 Å². The molecule has 1 fully saturated rings. The summed E-state index contributed by atoms with van der Waals surface area (Å²) in [5.74, 6) is 1.40. The molecule has 1 unspecified atom stereocenters. The topological polar surface area (TPSA) is 61.3 Å². The van der Waals surface area contributed by atoms with Crippen LogP contribution in [-0.2, 0) is 22.6 Å². The van der Waals surface area contributed by atoms with E-state index in [1.54, 1.807) is 11.3 Å². The smallest absolute Gasteiger partial charge is 0.311 e. The normalized spacial score (nSPS) is 15.3. The van der Waals surface area contributed by atoms with Gasteiger partial charge in [0, 0.05) is 16.7 Å². The highest BCUT2D eigenvalue weighted by Crippen LogP contribution is 2.41. The number of benzene rings is 2. The Morgan fingerprint density at radius 3 is 2.51 bits per heavy atom. The van der Waals surface area contributed by atoms with Gasteiger partial charge in [-0.2, -0.15) is 0 Å². The highest BCUT2D eigenvalue weighted by molar-refractivity contribution is 7.09. The summed E-state index contributed by atoms with van der Waals surface area (Å²) in [5.41, 5.74) is 3.96. The van der Waals surface area contributed by atoms with Crippen LogP contribution in [0.3, 0.4) is 0 Å². The molecule has 1 aliphatic rings. The fourth-order valence-corrected chi connectivity index (χ4v) is 6.32. The largest absolute Gasteiger partial charge is 0.487 e. The van der Waals surface area contributed by atoms with Gasteiger partial charge in [-0.1, -0.05) is 62.1 Å². The third-order valence-electron chi connectivity index (χ3n) is 7.12. The Labute approximate surface area is 222 Å². The van der Waals surface area contributed by atoms with E-state index in [1.165, 1.54) is 44.1 Å². The third-order valence-corrected chi connectivity index (χ3v) is 8.10. The minimum Gasteiger partial charge on any atom is -0.487 e. The number of hydrogen-bond acceptors (Lipinski definition) is 6. The quantitative estimate of drug-likeness (QED) is 0.171. The number of rotatable bonds is 9. The molecule has 1 aliphatic carbocycles. The predicted octanol–water partition coefficient (Wildman–Crippen LogP) is 7.48. The number of hydrogen-bond donors (Lipinski definition) is 0. The van der Waals surface area contributed by atoms with Crippen molar-refractivity contribution in [3.05, 3.63) is 88.0 Å². The van der Waals surface area contributed by atoms with E-state index in [0.29, 0.717) is 19.1 Å². The van der Waals surface area contributed by atoms with E-state index in [2.05, 4.69) is 36.4 Å². The van der Waals surface area contributed by atoms with Gasteiger partial charge >= 0.3 is 5.97 Å². The van der Waals surface area contributed by atoms with Gasteiger partial charge in [0.15, 0.2) is 0 Å². The van der Waals surface area contributed by atoms with Gasteiger partial charge in [0.25, 0.3) is 0 Å². The zero-order chi connectivity index (χ0) is 25.5. The van der Waals surface area contributed by atoms with E-state index >= 15 is 0 Å². The molecule has 37 heavy (non-hydrogen) atoms. The Bertz CT molecular complexity index is 1310. The number of thiazole rings is 1. The number of carbonyl (C=O) groups is 1. The molecule has 4 aromatic rings. The summed E-state index contributed by atoms with van der Waals surface area (Å²) in [6.07, 6.45) is 7.81. The zero-order valence-corrected chi connectivity index (χ0v) is 22.2. The summed E-state index contributed by atoms with van der Waals surface area (Å²) >= 11 is 1.67. The van der Waals surface area contributed by atoms with Crippen molar-refractivity contribution >= 4 is 28.2 Å². The molecule has 0 amide bonds. The van der Waals surface area contributed by atoms with Crippen LogP contribution in [0.5, 0.6) is 5.75 Å². The van der Waals surface area contributed by atoms with Crippen LogP contribution in [0.4, 0.5) is 0 Å². The molecule has 0 bridgehead atoms. The maximum Gasteiger partial charge on any atom is 0.311 e. The van der Waals surface area contributed by atoms with Crippen LogP contribution in [0.1, 0.15) is 73.3 Å². The molecule has 0 spiro atoms. The van der Waals surface area contributed by atoms with Crippen molar-refractivity contribution in [3.63, 3.8) is 0 Å². The highest BCUT2D eigenvalue weighted by Gasteiger charge is 2.28. The number of para-hydroxylation sites is 1. The summed E-state index contributed by atoms with van der Waals surface area (Å²) in [7, 11) is 0. The van der Waals surface area contributed by atoms with Gasteiger partial charge in [-0.15, -0.1) is 11.3 Å². The van der Waals surface area contributed by atoms with Crippen molar-refractivity contribution in [3.8, 4) is 5.75 Å². The van der Waals surface area contributed by atoms with Crippen LogP contribution in [0, 0.1) is 5.92 Å². The first kappa shape index (κ1) is 25.4. The maximum atomic E-state index is 12.0. The molecule has 6 heteroatoms. The Kier molecular flexibility index (Phi) is 8.46. The van der Waals surface area contributed by atoms with Gasteiger partial charge in [0.05, 0.1) is 29.9 Å². The molecule has 2 aromatic carbocycles. The molecule has 5 nitrogen and oxygen atoms in total. The molecule has 2 aromatic heterocycles. The van der Waals surface area contributed by atoms with Crippen LogP contribution >= 0.6 is 11.3 Å². The molecule has 0 radical (unpaired) electrons. The van der Waals surface area contributed by atoms with Crippen molar-refractivity contribution in [1.29, 1.82) is 0 Å². The molecule has 1 atom stereocenters. The first-order valence-electron chi connectivity index (χ1n) is 13.4. The number of fused-ring (bicyclic) bond motifs is 1. The second-order valence-corrected chi connectivity index (χ2v) is 10.6. The molecule has 0 N–H and O–H groups in total. The lowest BCUT2D eigenvalue weighted by molar-refractivity contribution is -0.142. The Hall–Kier alpha value is -3.25. The summed E-state index contributed by atoms with van der Waals surface area (Å²) in [6.45, 7) is 2.66. The lowest BCUT2D eigenvalue weighted by Crippen LogP contribution is -2.15. The minimum absolute atomic E-state index is 0.215. The van der Waals surface area contributed by atoms with E-state index in [1.807, 2.05) is 36.6 Å². The SMILES string of the molecule is CCOC(=O)Cc1csc(C(c2ccc(OCc3ccc4ccccc4n3)cc2)C2CCCCCC2)n1. The predicted molar refractivity (Wildman–Crippen MR) is 148 cm³/mol. The standard InChI is InChI=1S/C31H34N2O3S/c1-2-35-29(34)19-26-21-37-31(33-26)30(23-10-5-3-4-6-11-23)24-14-17-27(18-15-24)36-20-25-16-13-22-9-7-8-12-28(22)32-25/h7-9,12-18,21,23,30H,2-6,10-11,19-20H2,1H3. The first-order chi connectivity index (χ1) is 18.2. The molecule has 2 heterocycles. The number of pyridine rings is 1. The molecular formula is C31H34N2O3S. The average Bonchev–Trinajstić information content (AvgIpc) is 3.20. The lowest BCUT2D eigenvalue weighted by atomic mass is 9.81. The van der Waals surface area contributed by atoms with Gasteiger partial charge in [-0.25, -0.2) is 9.97 Å². The van der Waals surface area contributed by atoms with E-state index in [0.717, 1.165) is 33.0 Å². The van der Waals surface area contributed by atoms with Crippen LogP contribution in [0.15, 0.2) is 66.0 Å². The van der Waals surface area contributed by atoms with Crippen molar-refractivity contribution in [1.82, 2.24) is 9.97 Å².